The van der Waals surface area contributed by atoms with Crippen molar-refractivity contribution in [3.8, 4) is 17.6 Å². The first-order valence-electron chi connectivity index (χ1n) is 10.7. The number of hydrogen-bond acceptors (Lipinski definition) is 5. The van der Waals surface area contributed by atoms with E-state index in [-0.39, 0.29) is 24.8 Å². The first-order valence-corrected chi connectivity index (χ1v) is 10.7. The zero-order valence-corrected chi connectivity index (χ0v) is 18.9. The third kappa shape index (κ3) is 4.92. The number of hydrogen-bond donors (Lipinski definition) is 1. The van der Waals surface area contributed by atoms with E-state index in [2.05, 4.69) is 11.4 Å². The van der Waals surface area contributed by atoms with Crippen molar-refractivity contribution in [2.45, 2.75) is 20.1 Å². The molecule has 3 aromatic rings. The van der Waals surface area contributed by atoms with Gasteiger partial charge in [-0.1, -0.05) is 54.1 Å². The van der Waals surface area contributed by atoms with Crippen LogP contribution in [0.1, 0.15) is 27.8 Å². The summed E-state index contributed by atoms with van der Waals surface area (Å²) in [6.45, 7) is 2.37. The highest BCUT2D eigenvalue weighted by Gasteiger charge is 2.33. The maximum absolute atomic E-state index is 12.8. The Balaban J connectivity index is 1.50. The molecule has 1 aliphatic heterocycles. The molecule has 3 aromatic carbocycles. The lowest BCUT2D eigenvalue weighted by Gasteiger charge is -2.12. The van der Waals surface area contributed by atoms with E-state index in [0.29, 0.717) is 22.6 Å². The number of nitriles is 1. The van der Waals surface area contributed by atoms with Crippen LogP contribution in [0.2, 0.25) is 0 Å². The highest BCUT2D eigenvalue weighted by molar-refractivity contribution is 6.13. The number of ether oxygens (including phenoxy) is 2. The zero-order chi connectivity index (χ0) is 24.1. The van der Waals surface area contributed by atoms with Crippen LogP contribution >= 0.6 is 0 Å². The first-order chi connectivity index (χ1) is 16.5. The number of imide groups is 1. The van der Waals surface area contributed by atoms with Gasteiger partial charge in [0.05, 0.1) is 25.3 Å². The molecule has 0 spiro atoms. The number of benzene rings is 3. The number of rotatable bonds is 7. The second kappa shape index (κ2) is 9.92. The lowest BCUT2D eigenvalue weighted by atomic mass is 10.1. The molecule has 0 aromatic heterocycles. The molecule has 0 unspecified atom stereocenters. The monoisotopic (exact) mass is 453 g/mol. The van der Waals surface area contributed by atoms with Crippen molar-refractivity contribution in [2.75, 3.05) is 7.11 Å². The number of amides is 3. The fourth-order valence-corrected chi connectivity index (χ4v) is 3.68. The summed E-state index contributed by atoms with van der Waals surface area (Å²) < 4.78 is 11.3. The Hall–Kier alpha value is -4.57. The second-order valence-electron chi connectivity index (χ2n) is 7.84. The lowest BCUT2D eigenvalue weighted by molar-refractivity contribution is -0.123. The van der Waals surface area contributed by atoms with Crippen molar-refractivity contribution in [2.24, 2.45) is 0 Å². The van der Waals surface area contributed by atoms with Gasteiger partial charge in [-0.2, -0.15) is 5.26 Å². The van der Waals surface area contributed by atoms with Gasteiger partial charge < -0.3 is 14.8 Å². The van der Waals surface area contributed by atoms with Crippen molar-refractivity contribution in [3.05, 3.63) is 100 Å². The van der Waals surface area contributed by atoms with Gasteiger partial charge in [-0.25, -0.2) is 4.79 Å². The Morgan fingerprint density at radius 3 is 2.62 bits per heavy atom. The van der Waals surface area contributed by atoms with Gasteiger partial charge in [0.25, 0.3) is 5.91 Å². The van der Waals surface area contributed by atoms with Gasteiger partial charge in [-0.05, 0) is 42.3 Å². The molecule has 7 heteroatoms. The van der Waals surface area contributed by atoms with Crippen molar-refractivity contribution in [1.82, 2.24) is 10.2 Å². The number of nitrogens with one attached hydrogen (secondary N) is 1. The summed E-state index contributed by atoms with van der Waals surface area (Å²) in [6.07, 6.45) is 1.60. The van der Waals surface area contributed by atoms with Gasteiger partial charge in [0.2, 0.25) is 0 Å². The Kier molecular flexibility index (Phi) is 6.60. The van der Waals surface area contributed by atoms with Gasteiger partial charge >= 0.3 is 6.03 Å². The molecule has 0 atom stereocenters. The van der Waals surface area contributed by atoms with E-state index in [4.69, 9.17) is 9.47 Å². The second-order valence-corrected chi connectivity index (χ2v) is 7.84. The number of carbonyl (C=O) groups excluding carboxylic acids is 2. The van der Waals surface area contributed by atoms with E-state index in [0.717, 1.165) is 16.7 Å². The molecule has 0 saturated carbocycles. The average molecular weight is 453 g/mol. The van der Waals surface area contributed by atoms with Gasteiger partial charge in [-0.3, -0.25) is 9.69 Å². The molecule has 1 saturated heterocycles. The van der Waals surface area contributed by atoms with Crippen LogP contribution in [0.15, 0.2) is 72.4 Å². The molecule has 0 radical (unpaired) electrons. The molecule has 1 N–H and O–H groups in total. The molecule has 170 valence electrons. The van der Waals surface area contributed by atoms with Gasteiger partial charge in [0.15, 0.2) is 11.5 Å². The molecule has 1 heterocycles. The summed E-state index contributed by atoms with van der Waals surface area (Å²) in [5, 5.41) is 11.9. The summed E-state index contributed by atoms with van der Waals surface area (Å²) in [4.78, 5) is 26.4. The lowest BCUT2D eigenvalue weighted by Crippen LogP contribution is -2.30. The van der Waals surface area contributed by atoms with E-state index in [9.17, 15) is 14.9 Å². The minimum atomic E-state index is -0.458. The van der Waals surface area contributed by atoms with Crippen LogP contribution in [-0.4, -0.2) is 23.9 Å². The normalized spacial score (nSPS) is 14.1. The summed E-state index contributed by atoms with van der Waals surface area (Å²) in [7, 11) is 1.52. The van der Waals surface area contributed by atoms with Crippen molar-refractivity contribution < 1.29 is 19.1 Å². The standard InChI is InChI=1S/C27H23N3O4/c1-18-6-5-7-20(12-18)16-30-26(31)23(29-27(30)32)13-19-10-11-24(25(14-19)33-2)34-17-22-9-4-3-8-21(22)15-28/h3-14H,16-17H2,1-2H3,(H,29,32)/b23-13+. The quantitative estimate of drug-likeness (QED) is 0.419. The Labute approximate surface area is 197 Å². The summed E-state index contributed by atoms with van der Waals surface area (Å²) >= 11 is 0. The number of urea groups is 1. The Morgan fingerprint density at radius 2 is 1.85 bits per heavy atom. The molecular weight excluding hydrogens is 430 g/mol. The van der Waals surface area contributed by atoms with Gasteiger partial charge in [0, 0.05) is 5.56 Å². The SMILES string of the molecule is COc1cc(/C=C2/NC(=O)N(Cc3cccc(C)c3)C2=O)ccc1OCc1ccccc1C#N. The molecular formula is C27H23N3O4. The molecule has 0 bridgehead atoms. The molecule has 7 nitrogen and oxygen atoms in total. The molecule has 1 fully saturated rings. The molecule has 34 heavy (non-hydrogen) atoms. The van der Waals surface area contributed by atoms with Crippen LogP contribution in [0, 0.1) is 18.3 Å². The van der Waals surface area contributed by atoms with E-state index in [1.54, 1.807) is 36.4 Å². The Bertz CT molecular complexity index is 1320. The van der Waals surface area contributed by atoms with E-state index in [1.807, 2.05) is 43.3 Å². The highest BCUT2D eigenvalue weighted by Crippen LogP contribution is 2.30. The van der Waals surface area contributed by atoms with Crippen molar-refractivity contribution >= 4 is 18.0 Å². The van der Waals surface area contributed by atoms with Crippen LogP contribution in [0.5, 0.6) is 11.5 Å². The van der Waals surface area contributed by atoms with Crippen molar-refractivity contribution in [3.63, 3.8) is 0 Å². The fraction of sp³-hybridized carbons (Fsp3) is 0.148. The van der Waals surface area contributed by atoms with E-state index < -0.39 is 6.03 Å². The van der Waals surface area contributed by atoms with E-state index in [1.165, 1.54) is 12.0 Å². The Morgan fingerprint density at radius 1 is 1.03 bits per heavy atom. The third-order valence-electron chi connectivity index (χ3n) is 5.41. The minimum Gasteiger partial charge on any atom is -0.493 e. The van der Waals surface area contributed by atoms with Crippen molar-refractivity contribution in [1.29, 1.82) is 5.26 Å². The van der Waals surface area contributed by atoms with Crippen LogP contribution in [-0.2, 0) is 17.9 Å². The number of aryl methyl sites for hydroxylation is 1. The maximum Gasteiger partial charge on any atom is 0.329 e. The first kappa shape index (κ1) is 22.6. The predicted molar refractivity (Wildman–Crippen MR) is 127 cm³/mol. The predicted octanol–water partition coefficient (Wildman–Crippen LogP) is 4.55. The molecule has 3 amide bonds. The van der Waals surface area contributed by atoms with E-state index >= 15 is 0 Å². The number of methoxy groups -OCH3 is 1. The summed E-state index contributed by atoms with van der Waals surface area (Å²) in [6, 6.07) is 21.8. The van der Waals surface area contributed by atoms with Gasteiger partial charge in [-0.15, -0.1) is 0 Å². The topological polar surface area (TPSA) is 91.7 Å². The van der Waals surface area contributed by atoms with Crippen LogP contribution in [0.25, 0.3) is 6.08 Å². The molecule has 4 rings (SSSR count). The number of carbonyl (C=O) groups is 2. The van der Waals surface area contributed by atoms with Crippen LogP contribution in [0.4, 0.5) is 4.79 Å². The van der Waals surface area contributed by atoms with Gasteiger partial charge in [0.1, 0.15) is 12.3 Å². The molecule has 0 aliphatic carbocycles. The van der Waals surface area contributed by atoms with Crippen LogP contribution < -0.4 is 14.8 Å². The number of nitrogens with zero attached hydrogens (tertiary/aromatic N) is 2. The fourth-order valence-electron chi connectivity index (χ4n) is 3.68. The molecule has 1 aliphatic rings. The third-order valence-corrected chi connectivity index (χ3v) is 5.41. The summed E-state index contributed by atoms with van der Waals surface area (Å²) in [5.74, 6) is 0.580. The zero-order valence-electron chi connectivity index (χ0n) is 18.9. The highest BCUT2D eigenvalue weighted by atomic mass is 16.5. The maximum atomic E-state index is 12.8. The average Bonchev–Trinajstić information content (AvgIpc) is 3.10. The summed E-state index contributed by atoms with van der Waals surface area (Å²) in [5.41, 5.74) is 4.12. The van der Waals surface area contributed by atoms with Crippen LogP contribution in [0.3, 0.4) is 0 Å². The largest absolute Gasteiger partial charge is 0.493 e. The smallest absolute Gasteiger partial charge is 0.329 e. The minimum absolute atomic E-state index is 0.191.